The lowest BCUT2D eigenvalue weighted by Crippen LogP contribution is -2.24. The highest BCUT2D eigenvalue weighted by atomic mass is 16.5. The van der Waals surface area contributed by atoms with Gasteiger partial charge in [-0.3, -0.25) is 9.59 Å². The van der Waals surface area contributed by atoms with Crippen molar-refractivity contribution in [2.45, 2.75) is 13.0 Å². The molecule has 1 heterocycles. The number of fused-ring (bicyclic) bond motifs is 1. The fourth-order valence-corrected chi connectivity index (χ4v) is 3.43. The molecule has 0 fully saturated rings. The Morgan fingerprint density at radius 2 is 1.71 bits per heavy atom. The highest BCUT2D eigenvalue weighted by molar-refractivity contribution is 6.04. The second-order valence-corrected chi connectivity index (χ2v) is 7.74. The van der Waals surface area contributed by atoms with Crippen LogP contribution in [0.3, 0.4) is 0 Å². The number of methoxy groups -OCH3 is 1. The van der Waals surface area contributed by atoms with Crippen LogP contribution in [0, 0.1) is 0 Å². The lowest BCUT2D eigenvalue weighted by atomic mass is 10.1. The van der Waals surface area contributed by atoms with E-state index in [9.17, 15) is 9.59 Å². The van der Waals surface area contributed by atoms with E-state index in [0.717, 1.165) is 22.3 Å². The summed E-state index contributed by atoms with van der Waals surface area (Å²) in [5, 5.41) is 6.61. The average Bonchev–Trinajstić information content (AvgIpc) is 3.29. The van der Waals surface area contributed by atoms with Crippen molar-refractivity contribution in [3.05, 3.63) is 95.7 Å². The van der Waals surface area contributed by atoms with Gasteiger partial charge in [-0.25, -0.2) is 0 Å². The Morgan fingerprint density at radius 3 is 2.50 bits per heavy atom. The number of carbonyl (C=O) groups excluding carboxylic acids is 2. The second kappa shape index (κ2) is 11.2. The summed E-state index contributed by atoms with van der Waals surface area (Å²) in [7, 11) is 1.63. The molecule has 0 bridgehead atoms. The molecule has 174 valence electrons. The minimum atomic E-state index is -0.324. The van der Waals surface area contributed by atoms with Crippen LogP contribution in [0.5, 0.6) is 5.75 Å². The molecule has 3 aromatic carbocycles. The van der Waals surface area contributed by atoms with E-state index in [-0.39, 0.29) is 24.0 Å². The third-order valence-electron chi connectivity index (χ3n) is 5.17. The van der Waals surface area contributed by atoms with E-state index in [0.29, 0.717) is 31.0 Å². The van der Waals surface area contributed by atoms with Crippen LogP contribution in [0.25, 0.3) is 11.0 Å². The van der Waals surface area contributed by atoms with E-state index in [4.69, 9.17) is 13.9 Å². The number of hydrogen-bond acceptors (Lipinski definition) is 5. The van der Waals surface area contributed by atoms with E-state index in [1.54, 1.807) is 25.3 Å². The van der Waals surface area contributed by atoms with Crippen LogP contribution in [-0.4, -0.2) is 32.1 Å². The molecule has 0 saturated carbocycles. The number of benzene rings is 3. The Balaban J connectivity index is 1.26. The summed E-state index contributed by atoms with van der Waals surface area (Å²) >= 11 is 0. The largest absolute Gasteiger partial charge is 0.491 e. The van der Waals surface area contributed by atoms with Gasteiger partial charge in [-0.15, -0.1) is 0 Å². The standard InChI is InChI=1S/C27H26N2O5/c1-32-13-14-33-23-7-4-5-20(15-23)18-28-26(30)16-19-9-11-22(12-10-19)29-27(31)25-17-21-6-2-3-8-24(21)34-25/h2-12,15,17H,13-14,16,18H2,1H3,(H,28,30)(H,29,31). The van der Waals surface area contributed by atoms with Crippen LogP contribution < -0.4 is 15.4 Å². The van der Waals surface area contributed by atoms with Gasteiger partial charge in [0.2, 0.25) is 5.91 Å². The summed E-state index contributed by atoms with van der Waals surface area (Å²) in [4.78, 5) is 24.9. The number of anilines is 1. The van der Waals surface area contributed by atoms with Gasteiger partial charge in [0.05, 0.1) is 13.0 Å². The number of nitrogens with one attached hydrogen (secondary N) is 2. The maximum atomic E-state index is 12.5. The van der Waals surface area contributed by atoms with Gasteiger partial charge < -0.3 is 24.5 Å². The molecule has 0 radical (unpaired) electrons. The van der Waals surface area contributed by atoms with Crippen molar-refractivity contribution in [3.63, 3.8) is 0 Å². The first-order valence-electron chi connectivity index (χ1n) is 11.0. The molecule has 0 atom stereocenters. The topological polar surface area (TPSA) is 89.8 Å². The van der Waals surface area contributed by atoms with Crippen molar-refractivity contribution in [1.29, 1.82) is 0 Å². The molecule has 0 aliphatic rings. The lowest BCUT2D eigenvalue weighted by molar-refractivity contribution is -0.120. The Hall–Kier alpha value is -4.10. The first-order valence-corrected chi connectivity index (χ1v) is 11.0. The van der Waals surface area contributed by atoms with E-state index >= 15 is 0 Å². The van der Waals surface area contributed by atoms with Crippen molar-refractivity contribution in [2.75, 3.05) is 25.6 Å². The number of furan rings is 1. The number of rotatable bonds is 10. The second-order valence-electron chi connectivity index (χ2n) is 7.74. The highest BCUT2D eigenvalue weighted by Gasteiger charge is 2.12. The van der Waals surface area contributed by atoms with Crippen molar-refractivity contribution in [2.24, 2.45) is 0 Å². The molecule has 4 rings (SSSR count). The lowest BCUT2D eigenvalue weighted by Gasteiger charge is -2.09. The van der Waals surface area contributed by atoms with E-state index in [1.807, 2.05) is 60.7 Å². The number of ether oxygens (including phenoxy) is 2. The normalized spacial score (nSPS) is 10.7. The van der Waals surface area contributed by atoms with Gasteiger partial charge in [-0.2, -0.15) is 0 Å². The maximum absolute atomic E-state index is 12.5. The summed E-state index contributed by atoms with van der Waals surface area (Å²) in [6.45, 7) is 1.40. The molecule has 2 amide bonds. The minimum absolute atomic E-state index is 0.0928. The monoisotopic (exact) mass is 458 g/mol. The zero-order chi connectivity index (χ0) is 23.8. The van der Waals surface area contributed by atoms with E-state index in [2.05, 4.69) is 10.6 Å². The molecule has 2 N–H and O–H groups in total. The van der Waals surface area contributed by atoms with Crippen LogP contribution in [0.4, 0.5) is 5.69 Å². The number of carbonyl (C=O) groups is 2. The molecular formula is C27H26N2O5. The number of para-hydroxylation sites is 1. The first-order chi connectivity index (χ1) is 16.6. The zero-order valence-corrected chi connectivity index (χ0v) is 18.9. The first kappa shape index (κ1) is 23.1. The molecule has 7 heteroatoms. The van der Waals surface area contributed by atoms with Gasteiger partial charge in [0, 0.05) is 24.7 Å². The number of hydrogen-bond donors (Lipinski definition) is 2. The molecule has 7 nitrogen and oxygen atoms in total. The van der Waals surface area contributed by atoms with Crippen molar-refractivity contribution >= 4 is 28.5 Å². The van der Waals surface area contributed by atoms with E-state index < -0.39 is 0 Å². The Labute approximate surface area is 197 Å². The van der Waals surface area contributed by atoms with Gasteiger partial charge in [0.1, 0.15) is 17.9 Å². The third kappa shape index (κ3) is 6.24. The molecule has 0 unspecified atom stereocenters. The SMILES string of the molecule is COCCOc1cccc(CNC(=O)Cc2ccc(NC(=O)c3cc4ccccc4o3)cc2)c1. The van der Waals surface area contributed by atoms with Crippen LogP contribution in [0.1, 0.15) is 21.7 Å². The van der Waals surface area contributed by atoms with Gasteiger partial charge >= 0.3 is 0 Å². The predicted octanol–water partition coefficient (Wildman–Crippen LogP) is 4.57. The Kier molecular flexibility index (Phi) is 7.57. The zero-order valence-electron chi connectivity index (χ0n) is 18.9. The van der Waals surface area contributed by atoms with Gasteiger partial charge in [0.15, 0.2) is 5.76 Å². The highest BCUT2D eigenvalue weighted by Crippen LogP contribution is 2.20. The molecule has 1 aromatic heterocycles. The van der Waals surface area contributed by atoms with Crippen LogP contribution in [-0.2, 0) is 22.5 Å². The van der Waals surface area contributed by atoms with Gasteiger partial charge in [-0.05, 0) is 47.5 Å². The average molecular weight is 459 g/mol. The molecule has 0 spiro atoms. The minimum Gasteiger partial charge on any atom is -0.491 e. The van der Waals surface area contributed by atoms with Crippen LogP contribution in [0.15, 0.2) is 83.3 Å². The molecule has 4 aromatic rings. The summed E-state index contributed by atoms with van der Waals surface area (Å²) in [6, 6.07) is 23.9. The van der Waals surface area contributed by atoms with Crippen molar-refractivity contribution in [3.8, 4) is 5.75 Å². The smallest absolute Gasteiger partial charge is 0.291 e. The molecule has 34 heavy (non-hydrogen) atoms. The number of amides is 2. The molecule has 0 saturated heterocycles. The van der Waals surface area contributed by atoms with E-state index in [1.165, 1.54) is 0 Å². The molecule has 0 aliphatic carbocycles. The maximum Gasteiger partial charge on any atom is 0.291 e. The fraction of sp³-hybridized carbons (Fsp3) is 0.185. The summed E-state index contributed by atoms with van der Waals surface area (Å²) in [6.07, 6.45) is 0.238. The third-order valence-corrected chi connectivity index (χ3v) is 5.17. The molecular weight excluding hydrogens is 432 g/mol. The quantitative estimate of drug-likeness (QED) is 0.340. The van der Waals surface area contributed by atoms with Crippen molar-refractivity contribution in [1.82, 2.24) is 5.32 Å². The van der Waals surface area contributed by atoms with Gasteiger partial charge in [0.25, 0.3) is 5.91 Å². The van der Waals surface area contributed by atoms with Crippen LogP contribution in [0.2, 0.25) is 0 Å². The van der Waals surface area contributed by atoms with Crippen molar-refractivity contribution < 1.29 is 23.5 Å². The summed E-state index contributed by atoms with van der Waals surface area (Å²) < 4.78 is 16.2. The molecule has 0 aliphatic heterocycles. The van der Waals surface area contributed by atoms with Gasteiger partial charge in [-0.1, -0.05) is 42.5 Å². The Bertz CT molecular complexity index is 1230. The fourth-order valence-electron chi connectivity index (χ4n) is 3.43. The summed E-state index contributed by atoms with van der Waals surface area (Å²) in [5.41, 5.74) is 3.09. The Morgan fingerprint density at radius 1 is 0.882 bits per heavy atom. The summed E-state index contributed by atoms with van der Waals surface area (Å²) in [5.74, 6) is 0.571. The van der Waals surface area contributed by atoms with Crippen LogP contribution >= 0.6 is 0 Å². The predicted molar refractivity (Wildman–Crippen MR) is 130 cm³/mol.